The highest BCUT2D eigenvalue weighted by Crippen LogP contribution is 2.20. The van der Waals surface area contributed by atoms with Crippen LogP contribution >= 0.6 is 0 Å². The quantitative estimate of drug-likeness (QED) is 0.525. The molecule has 1 N–H and O–H groups in total. The third-order valence-corrected chi connectivity index (χ3v) is 2.42. The number of halogens is 3. The molecule has 0 unspecified atom stereocenters. The van der Waals surface area contributed by atoms with Crippen LogP contribution in [-0.4, -0.2) is 49.4 Å². The molecule has 16 heavy (non-hydrogen) atoms. The van der Waals surface area contributed by atoms with Crippen LogP contribution in [0.1, 0.15) is 13.3 Å². The zero-order chi connectivity index (χ0) is 13.0. The molecule has 0 aliphatic carbocycles. The highest BCUT2D eigenvalue weighted by Gasteiger charge is 2.44. The van der Waals surface area contributed by atoms with E-state index < -0.39 is 15.6 Å². The zero-order valence-electron chi connectivity index (χ0n) is 8.82. The van der Waals surface area contributed by atoms with E-state index >= 15 is 0 Å². The predicted octanol–water partition coefficient (Wildman–Crippen LogP) is 1.13. The van der Waals surface area contributed by atoms with Gasteiger partial charge in [0.25, 0.3) is 0 Å². The zero-order valence-corrected chi connectivity index (χ0v) is 9.64. The van der Waals surface area contributed by atoms with Gasteiger partial charge in [0.05, 0.1) is 5.84 Å². The van der Waals surface area contributed by atoms with E-state index in [0.717, 1.165) is 6.54 Å². The maximum atomic E-state index is 10.7. The van der Waals surface area contributed by atoms with Gasteiger partial charge in [0.1, 0.15) is 0 Å². The third-order valence-electron chi connectivity index (χ3n) is 1.84. The van der Waals surface area contributed by atoms with Gasteiger partial charge in [-0.15, -0.1) is 0 Å². The van der Waals surface area contributed by atoms with Gasteiger partial charge < -0.3 is 4.90 Å². The summed E-state index contributed by atoms with van der Waals surface area (Å²) in [6.07, 6.45) is 1.22. The SMILES string of the molecule is CC1=NCCCN1C.O=S(=O)(O)C(F)(F)F. The van der Waals surface area contributed by atoms with E-state index in [2.05, 4.69) is 23.9 Å². The Bertz CT molecular complexity index is 350. The fourth-order valence-electron chi connectivity index (χ4n) is 0.831. The number of alkyl halides is 3. The molecule has 0 atom stereocenters. The number of hydrogen-bond donors (Lipinski definition) is 1. The summed E-state index contributed by atoms with van der Waals surface area (Å²) in [6, 6.07) is 0. The summed E-state index contributed by atoms with van der Waals surface area (Å²) in [5, 5.41) is 0. The van der Waals surface area contributed by atoms with E-state index in [-0.39, 0.29) is 0 Å². The first-order valence-electron chi connectivity index (χ1n) is 4.31. The smallest absolute Gasteiger partial charge is 0.364 e. The fourth-order valence-corrected chi connectivity index (χ4v) is 0.831. The first-order valence-corrected chi connectivity index (χ1v) is 5.75. The molecule has 0 amide bonds. The predicted molar refractivity (Wildman–Crippen MR) is 52.8 cm³/mol. The highest BCUT2D eigenvalue weighted by molar-refractivity contribution is 7.86. The van der Waals surface area contributed by atoms with Crippen LogP contribution in [0.4, 0.5) is 13.2 Å². The van der Waals surface area contributed by atoms with Gasteiger partial charge in [-0.3, -0.25) is 9.55 Å². The number of nitrogens with zero attached hydrogens (tertiary/aromatic N) is 2. The number of rotatable bonds is 0. The van der Waals surface area contributed by atoms with Crippen LogP contribution in [0.2, 0.25) is 0 Å². The van der Waals surface area contributed by atoms with E-state index in [4.69, 9.17) is 13.0 Å². The summed E-state index contributed by atoms with van der Waals surface area (Å²) in [5.41, 5.74) is -5.53. The standard InChI is InChI=1S/C6H12N2.CHF3O3S/c1-6-7-4-3-5-8(6)2;2-1(3,4)8(5,6)7/h3-5H2,1-2H3;(H,5,6,7). The Labute approximate surface area is 91.7 Å². The van der Waals surface area contributed by atoms with E-state index in [1.165, 1.54) is 18.8 Å². The Morgan fingerprint density at radius 2 is 1.88 bits per heavy atom. The summed E-state index contributed by atoms with van der Waals surface area (Å²) in [7, 11) is -3.76. The van der Waals surface area contributed by atoms with Crippen molar-refractivity contribution in [3.8, 4) is 0 Å². The van der Waals surface area contributed by atoms with Gasteiger partial charge in [-0.1, -0.05) is 0 Å². The largest absolute Gasteiger partial charge is 0.522 e. The number of amidine groups is 1. The minimum Gasteiger partial charge on any atom is -0.364 e. The second-order valence-electron chi connectivity index (χ2n) is 3.12. The average molecular weight is 262 g/mol. The van der Waals surface area contributed by atoms with Gasteiger partial charge >= 0.3 is 15.6 Å². The van der Waals surface area contributed by atoms with Crippen molar-refractivity contribution in [3.05, 3.63) is 0 Å². The monoisotopic (exact) mass is 262 g/mol. The minimum absolute atomic E-state index is 1.02. The summed E-state index contributed by atoms with van der Waals surface area (Å²) in [6.45, 7) is 4.25. The molecular weight excluding hydrogens is 249 g/mol. The molecule has 0 aromatic heterocycles. The van der Waals surface area contributed by atoms with Crippen LogP contribution in [0.3, 0.4) is 0 Å². The molecule has 9 heteroatoms. The van der Waals surface area contributed by atoms with Crippen molar-refractivity contribution in [2.75, 3.05) is 20.1 Å². The molecule has 96 valence electrons. The number of aliphatic imine (C=N–C) groups is 1. The van der Waals surface area contributed by atoms with E-state index in [0.29, 0.717) is 0 Å². The van der Waals surface area contributed by atoms with Crippen LogP contribution in [0, 0.1) is 0 Å². The van der Waals surface area contributed by atoms with Gasteiger partial charge in [-0.25, -0.2) is 0 Å². The van der Waals surface area contributed by atoms with Gasteiger partial charge in [-0.05, 0) is 13.3 Å². The maximum absolute atomic E-state index is 10.7. The van der Waals surface area contributed by atoms with Crippen LogP contribution in [0.25, 0.3) is 0 Å². The molecule has 0 radical (unpaired) electrons. The van der Waals surface area contributed by atoms with E-state index in [1.54, 1.807) is 0 Å². The summed E-state index contributed by atoms with van der Waals surface area (Å²) in [4.78, 5) is 6.44. The molecule has 0 fully saturated rings. The lowest BCUT2D eigenvalue weighted by molar-refractivity contribution is -0.0510. The van der Waals surface area contributed by atoms with E-state index in [1.807, 2.05) is 0 Å². The summed E-state index contributed by atoms with van der Waals surface area (Å²) < 4.78 is 57.5. The molecule has 1 heterocycles. The lowest BCUT2D eigenvalue weighted by atomic mass is 10.3. The van der Waals surface area contributed by atoms with Crippen LogP contribution in [0.5, 0.6) is 0 Å². The molecule has 1 aliphatic heterocycles. The molecular formula is C7H13F3N2O3S. The average Bonchev–Trinajstić information content (AvgIpc) is 2.08. The fraction of sp³-hybridized carbons (Fsp3) is 0.857. The molecule has 0 aromatic carbocycles. The van der Waals surface area contributed by atoms with Gasteiger partial charge in [0.2, 0.25) is 0 Å². The minimum atomic E-state index is -5.84. The second kappa shape index (κ2) is 5.48. The van der Waals surface area contributed by atoms with Gasteiger partial charge in [-0.2, -0.15) is 21.6 Å². The van der Waals surface area contributed by atoms with Crippen molar-refractivity contribution in [2.24, 2.45) is 4.99 Å². The molecule has 5 nitrogen and oxygen atoms in total. The third kappa shape index (κ3) is 5.31. The van der Waals surface area contributed by atoms with Gasteiger partial charge in [0.15, 0.2) is 0 Å². The molecule has 0 aromatic rings. The van der Waals surface area contributed by atoms with Crippen molar-refractivity contribution in [3.63, 3.8) is 0 Å². The van der Waals surface area contributed by atoms with Crippen molar-refractivity contribution >= 4 is 16.0 Å². The lowest BCUT2D eigenvalue weighted by Gasteiger charge is -2.21. The van der Waals surface area contributed by atoms with E-state index in [9.17, 15) is 13.2 Å². The Morgan fingerprint density at radius 1 is 1.44 bits per heavy atom. The highest BCUT2D eigenvalue weighted by atomic mass is 32.2. The first kappa shape index (κ1) is 15.2. The first-order chi connectivity index (χ1) is 7.05. The second-order valence-corrected chi connectivity index (χ2v) is 4.54. The Hall–Kier alpha value is -0.830. The maximum Gasteiger partial charge on any atom is 0.522 e. The Balaban J connectivity index is 0.000000281. The Kier molecular flexibility index (Phi) is 5.20. The molecule has 0 bridgehead atoms. The normalized spacial score (nSPS) is 17.4. The van der Waals surface area contributed by atoms with Gasteiger partial charge in [0, 0.05) is 20.1 Å². The summed E-state index contributed by atoms with van der Waals surface area (Å²) >= 11 is 0. The molecule has 0 saturated carbocycles. The van der Waals surface area contributed by atoms with Crippen molar-refractivity contribution < 1.29 is 26.1 Å². The van der Waals surface area contributed by atoms with Crippen molar-refractivity contribution in [2.45, 2.75) is 18.9 Å². The molecule has 1 aliphatic rings. The van der Waals surface area contributed by atoms with Crippen LogP contribution in [-0.2, 0) is 10.1 Å². The lowest BCUT2D eigenvalue weighted by Crippen LogP contribution is -2.29. The van der Waals surface area contributed by atoms with Crippen molar-refractivity contribution in [1.82, 2.24) is 4.90 Å². The number of hydrogen-bond acceptors (Lipinski definition) is 4. The molecule has 0 spiro atoms. The molecule has 1 rings (SSSR count). The summed E-state index contributed by atoms with van der Waals surface area (Å²) in [5.74, 6) is 1.18. The van der Waals surface area contributed by atoms with Crippen LogP contribution in [0.15, 0.2) is 4.99 Å². The Morgan fingerprint density at radius 3 is 2.06 bits per heavy atom. The van der Waals surface area contributed by atoms with Crippen molar-refractivity contribution in [1.29, 1.82) is 0 Å². The topological polar surface area (TPSA) is 70.0 Å². The van der Waals surface area contributed by atoms with Crippen LogP contribution < -0.4 is 0 Å². The molecule has 0 saturated heterocycles.